The van der Waals surface area contributed by atoms with Crippen LogP contribution in [0, 0.1) is 0 Å². The minimum Gasteiger partial charge on any atom is -0.365 e. The van der Waals surface area contributed by atoms with Gasteiger partial charge in [-0.15, -0.1) is 16.9 Å². The Morgan fingerprint density at radius 3 is 3.29 bits per heavy atom. The molecule has 0 aliphatic carbocycles. The van der Waals surface area contributed by atoms with Crippen molar-refractivity contribution in [2.45, 2.75) is 30.4 Å². The van der Waals surface area contributed by atoms with Crippen molar-refractivity contribution < 1.29 is 9.53 Å². The lowest BCUT2D eigenvalue weighted by Crippen LogP contribution is -2.44. The Balaban J connectivity index is 1.66. The van der Waals surface area contributed by atoms with E-state index >= 15 is 0 Å². The molecule has 17 heavy (non-hydrogen) atoms. The number of ether oxygens (including phenoxy) is 1. The first-order valence-electron chi connectivity index (χ1n) is 5.61. The molecule has 0 bridgehead atoms. The van der Waals surface area contributed by atoms with Crippen molar-refractivity contribution in [3.8, 4) is 0 Å². The van der Waals surface area contributed by atoms with E-state index in [-0.39, 0.29) is 5.91 Å². The van der Waals surface area contributed by atoms with Gasteiger partial charge in [0.15, 0.2) is 0 Å². The van der Waals surface area contributed by atoms with Crippen LogP contribution in [0.2, 0.25) is 0 Å². The van der Waals surface area contributed by atoms with Crippen molar-refractivity contribution in [1.82, 2.24) is 20.7 Å². The van der Waals surface area contributed by atoms with Crippen LogP contribution < -0.4 is 5.32 Å². The van der Waals surface area contributed by atoms with E-state index in [1.54, 1.807) is 18.0 Å². The molecular weight excluding hydrogens is 240 g/mol. The quantitative estimate of drug-likeness (QED) is 0.595. The summed E-state index contributed by atoms with van der Waals surface area (Å²) in [6.45, 7) is 3.13. The van der Waals surface area contributed by atoms with Gasteiger partial charge in [-0.2, -0.15) is 10.3 Å². The zero-order valence-corrected chi connectivity index (χ0v) is 10.5. The molecular formula is C10H16N4O2S. The summed E-state index contributed by atoms with van der Waals surface area (Å²) in [6.07, 6.45) is 3.42. The fourth-order valence-corrected chi connectivity index (χ4v) is 2.37. The van der Waals surface area contributed by atoms with Gasteiger partial charge in [-0.1, -0.05) is 0 Å². The number of nitrogens with one attached hydrogen (secondary N) is 2. The smallest absolute Gasteiger partial charge is 0.251 e. The molecule has 6 nitrogen and oxygen atoms in total. The van der Waals surface area contributed by atoms with E-state index in [0.29, 0.717) is 13.2 Å². The number of nitrogens with zero attached hydrogens (tertiary/aromatic N) is 2. The van der Waals surface area contributed by atoms with Crippen LogP contribution in [0.5, 0.6) is 0 Å². The van der Waals surface area contributed by atoms with Gasteiger partial charge in [-0.25, -0.2) is 0 Å². The molecule has 1 aromatic rings. The standard InChI is InChI=1S/C10H16N4O2S/c1-10(3-2-5-16-10)9(15)11-4-6-17-8-7-12-14-13-8/h7H,2-6H2,1H3,(H,11,15)(H,12,13,14)/t10-/m0/s1. The van der Waals surface area contributed by atoms with Gasteiger partial charge < -0.3 is 10.1 Å². The minimum absolute atomic E-state index is 0.0178. The van der Waals surface area contributed by atoms with Crippen LogP contribution in [-0.4, -0.2) is 45.8 Å². The van der Waals surface area contributed by atoms with Gasteiger partial charge in [-0.3, -0.25) is 4.79 Å². The fraction of sp³-hybridized carbons (Fsp3) is 0.700. The third-order valence-corrected chi connectivity index (χ3v) is 3.63. The number of rotatable bonds is 5. The largest absolute Gasteiger partial charge is 0.365 e. The van der Waals surface area contributed by atoms with Gasteiger partial charge in [0.2, 0.25) is 0 Å². The summed E-state index contributed by atoms with van der Waals surface area (Å²) in [5.41, 5.74) is -0.626. The normalized spacial score (nSPS) is 23.8. The second kappa shape index (κ2) is 5.50. The first-order chi connectivity index (χ1) is 8.21. The number of aromatic nitrogens is 3. The predicted octanol–water partition coefficient (Wildman–Crippen LogP) is 0.582. The molecule has 0 radical (unpaired) electrons. The summed E-state index contributed by atoms with van der Waals surface area (Å²) in [5, 5.41) is 13.9. The molecule has 0 spiro atoms. The van der Waals surface area contributed by atoms with Crippen LogP contribution in [0.1, 0.15) is 19.8 Å². The van der Waals surface area contributed by atoms with E-state index < -0.39 is 5.60 Å². The summed E-state index contributed by atoms with van der Waals surface area (Å²) in [6, 6.07) is 0. The van der Waals surface area contributed by atoms with Gasteiger partial charge >= 0.3 is 0 Å². The molecule has 94 valence electrons. The summed E-state index contributed by atoms with van der Waals surface area (Å²) in [5.74, 6) is 0.754. The Hall–Kier alpha value is -1.08. The second-order valence-corrected chi connectivity index (χ2v) is 5.21. The first kappa shape index (κ1) is 12.4. The minimum atomic E-state index is -0.626. The molecule has 1 amide bonds. The molecule has 1 atom stereocenters. The lowest BCUT2D eigenvalue weighted by atomic mass is 10.0. The lowest BCUT2D eigenvalue weighted by molar-refractivity contribution is -0.139. The highest BCUT2D eigenvalue weighted by atomic mass is 32.2. The van der Waals surface area contributed by atoms with Gasteiger partial charge in [0.05, 0.1) is 6.20 Å². The van der Waals surface area contributed by atoms with E-state index in [1.807, 2.05) is 6.92 Å². The molecule has 0 aromatic carbocycles. The van der Waals surface area contributed by atoms with Gasteiger partial charge in [-0.05, 0) is 19.8 Å². The molecule has 7 heteroatoms. The molecule has 2 rings (SSSR count). The van der Waals surface area contributed by atoms with E-state index in [2.05, 4.69) is 20.7 Å². The zero-order chi connectivity index (χ0) is 12.1. The van der Waals surface area contributed by atoms with Crippen LogP contribution in [0.4, 0.5) is 0 Å². The number of H-pyrrole nitrogens is 1. The number of amides is 1. The van der Waals surface area contributed by atoms with Crippen LogP contribution in [0.25, 0.3) is 0 Å². The summed E-state index contributed by atoms with van der Waals surface area (Å²) in [7, 11) is 0. The van der Waals surface area contributed by atoms with Crippen molar-refractivity contribution in [3.05, 3.63) is 6.20 Å². The molecule has 1 fully saturated rings. The molecule has 0 saturated carbocycles. The van der Waals surface area contributed by atoms with Crippen LogP contribution in [0.15, 0.2) is 11.2 Å². The second-order valence-electron chi connectivity index (χ2n) is 4.10. The van der Waals surface area contributed by atoms with Gasteiger partial charge in [0.1, 0.15) is 10.6 Å². The van der Waals surface area contributed by atoms with Crippen LogP contribution in [0.3, 0.4) is 0 Å². The Bertz CT molecular complexity index is 362. The number of thioether (sulfide) groups is 1. The maximum absolute atomic E-state index is 11.8. The molecule has 2 heterocycles. The monoisotopic (exact) mass is 256 g/mol. The summed E-state index contributed by atoms with van der Waals surface area (Å²) < 4.78 is 5.46. The van der Waals surface area contributed by atoms with Crippen LogP contribution in [-0.2, 0) is 9.53 Å². The summed E-state index contributed by atoms with van der Waals surface area (Å²) in [4.78, 5) is 11.8. The van der Waals surface area contributed by atoms with Gasteiger partial charge in [0.25, 0.3) is 5.91 Å². The average molecular weight is 256 g/mol. The average Bonchev–Trinajstić information content (AvgIpc) is 2.96. The lowest BCUT2D eigenvalue weighted by Gasteiger charge is -2.21. The molecule has 1 saturated heterocycles. The number of carbonyl (C=O) groups is 1. The molecule has 1 aromatic heterocycles. The Kier molecular flexibility index (Phi) is 4.01. The Morgan fingerprint density at radius 1 is 1.76 bits per heavy atom. The molecule has 2 N–H and O–H groups in total. The summed E-state index contributed by atoms with van der Waals surface area (Å²) >= 11 is 1.55. The van der Waals surface area contributed by atoms with Crippen molar-refractivity contribution >= 4 is 17.7 Å². The van der Waals surface area contributed by atoms with Gasteiger partial charge in [0, 0.05) is 18.9 Å². The number of aromatic amines is 1. The third-order valence-electron chi connectivity index (χ3n) is 2.73. The predicted molar refractivity (Wildman–Crippen MR) is 63.7 cm³/mol. The van der Waals surface area contributed by atoms with E-state index in [9.17, 15) is 4.79 Å². The topological polar surface area (TPSA) is 79.9 Å². The van der Waals surface area contributed by atoms with Crippen LogP contribution >= 0.6 is 11.8 Å². The molecule has 1 aliphatic heterocycles. The van der Waals surface area contributed by atoms with E-state index in [0.717, 1.165) is 23.6 Å². The third kappa shape index (κ3) is 3.19. The maximum Gasteiger partial charge on any atom is 0.251 e. The Labute approximate surface area is 104 Å². The number of hydrogen-bond acceptors (Lipinski definition) is 5. The zero-order valence-electron chi connectivity index (χ0n) is 9.73. The van der Waals surface area contributed by atoms with E-state index in [1.165, 1.54) is 0 Å². The number of carbonyl (C=O) groups excluding carboxylic acids is 1. The van der Waals surface area contributed by atoms with E-state index in [4.69, 9.17) is 4.74 Å². The number of hydrogen-bond donors (Lipinski definition) is 2. The maximum atomic E-state index is 11.8. The SMILES string of the molecule is C[C@@]1(C(=O)NCCSc2cn[nH]n2)CCCO1. The van der Waals surface area contributed by atoms with Crippen molar-refractivity contribution in [3.63, 3.8) is 0 Å². The highest BCUT2D eigenvalue weighted by molar-refractivity contribution is 7.99. The first-order valence-corrected chi connectivity index (χ1v) is 6.60. The van der Waals surface area contributed by atoms with Crippen molar-refractivity contribution in [1.29, 1.82) is 0 Å². The molecule has 0 unspecified atom stereocenters. The fourth-order valence-electron chi connectivity index (χ4n) is 1.73. The Morgan fingerprint density at radius 2 is 2.65 bits per heavy atom. The highest BCUT2D eigenvalue weighted by Gasteiger charge is 2.37. The highest BCUT2D eigenvalue weighted by Crippen LogP contribution is 2.24. The van der Waals surface area contributed by atoms with Crippen molar-refractivity contribution in [2.75, 3.05) is 18.9 Å². The van der Waals surface area contributed by atoms with Crippen molar-refractivity contribution in [2.24, 2.45) is 0 Å². The molecule has 1 aliphatic rings.